The number of nitrogen functional groups attached to an aromatic ring is 1. The SMILES string of the molecule is COc1ccc(C[C@@H]2CN(C(=O)CCc3csc(N)n3)CCO2)cc1. The molecule has 1 aromatic carbocycles. The molecule has 6 nitrogen and oxygen atoms in total. The first-order valence-corrected chi connectivity index (χ1v) is 9.24. The van der Waals surface area contributed by atoms with E-state index in [0.29, 0.717) is 37.7 Å². The highest BCUT2D eigenvalue weighted by molar-refractivity contribution is 7.13. The van der Waals surface area contributed by atoms with E-state index in [0.717, 1.165) is 17.9 Å². The zero-order chi connectivity index (χ0) is 17.6. The number of anilines is 1. The molecule has 2 aromatic rings. The molecule has 1 aliphatic heterocycles. The molecule has 0 spiro atoms. The molecule has 0 aliphatic carbocycles. The molecule has 1 aliphatic rings. The molecule has 0 saturated carbocycles. The second-order valence-corrected chi connectivity index (χ2v) is 6.95. The van der Waals surface area contributed by atoms with Gasteiger partial charge >= 0.3 is 0 Å². The van der Waals surface area contributed by atoms with E-state index in [1.165, 1.54) is 16.9 Å². The highest BCUT2D eigenvalue weighted by Gasteiger charge is 2.24. The van der Waals surface area contributed by atoms with Gasteiger partial charge in [-0.15, -0.1) is 11.3 Å². The summed E-state index contributed by atoms with van der Waals surface area (Å²) in [5.74, 6) is 0.988. The Labute approximate surface area is 151 Å². The lowest BCUT2D eigenvalue weighted by Gasteiger charge is -2.33. The second-order valence-electron chi connectivity index (χ2n) is 6.06. The zero-order valence-electron chi connectivity index (χ0n) is 14.3. The smallest absolute Gasteiger partial charge is 0.223 e. The first-order valence-electron chi connectivity index (χ1n) is 8.36. The van der Waals surface area contributed by atoms with Gasteiger partial charge in [0.05, 0.1) is 25.5 Å². The fraction of sp³-hybridized carbons (Fsp3) is 0.444. The molecular weight excluding hydrogens is 338 g/mol. The number of nitrogens with two attached hydrogens (primary N) is 1. The van der Waals surface area contributed by atoms with E-state index in [4.69, 9.17) is 15.2 Å². The van der Waals surface area contributed by atoms with Crippen LogP contribution >= 0.6 is 11.3 Å². The number of aryl methyl sites for hydroxylation is 1. The fourth-order valence-corrected chi connectivity index (χ4v) is 3.52. The number of aromatic nitrogens is 1. The standard InChI is InChI=1S/C18H23N3O3S/c1-23-15-5-2-13(3-6-15)10-16-11-21(8-9-24-16)17(22)7-4-14-12-25-18(19)20-14/h2-3,5-6,12,16H,4,7-11H2,1H3,(H2,19,20)/t16-/m1/s1. The van der Waals surface area contributed by atoms with Crippen molar-refractivity contribution in [2.24, 2.45) is 0 Å². The van der Waals surface area contributed by atoms with Crippen LogP contribution in [0.2, 0.25) is 0 Å². The van der Waals surface area contributed by atoms with Crippen LogP contribution in [-0.4, -0.2) is 48.7 Å². The lowest BCUT2D eigenvalue weighted by atomic mass is 10.1. The number of benzene rings is 1. The summed E-state index contributed by atoms with van der Waals surface area (Å²) in [6, 6.07) is 7.96. The first kappa shape index (κ1) is 17.7. The third-order valence-corrected chi connectivity index (χ3v) is 5.00. The summed E-state index contributed by atoms with van der Waals surface area (Å²) in [5, 5.41) is 2.46. The van der Waals surface area contributed by atoms with E-state index >= 15 is 0 Å². The number of ether oxygens (including phenoxy) is 2. The number of rotatable bonds is 6. The van der Waals surface area contributed by atoms with Gasteiger partial charge in [0.2, 0.25) is 5.91 Å². The molecule has 134 valence electrons. The largest absolute Gasteiger partial charge is 0.497 e. The van der Waals surface area contributed by atoms with Crippen LogP contribution in [0.5, 0.6) is 5.75 Å². The van der Waals surface area contributed by atoms with Crippen LogP contribution in [0.4, 0.5) is 5.13 Å². The van der Waals surface area contributed by atoms with Crippen molar-refractivity contribution in [1.29, 1.82) is 0 Å². The molecule has 0 unspecified atom stereocenters. The first-order chi connectivity index (χ1) is 12.1. The van der Waals surface area contributed by atoms with Gasteiger partial charge < -0.3 is 20.1 Å². The van der Waals surface area contributed by atoms with Gasteiger partial charge in [-0.25, -0.2) is 4.98 Å². The Morgan fingerprint density at radius 2 is 2.24 bits per heavy atom. The average Bonchev–Trinajstić information content (AvgIpc) is 3.06. The average molecular weight is 361 g/mol. The Morgan fingerprint density at radius 1 is 1.44 bits per heavy atom. The molecule has 1 saturated heterocycles. The molecule has 3 rings (SSSR count). The van der Waals surface area contributed by atoms with Crippen molar-refractivity contribution >= 4 is 22.4 Å². The van der Waals surface area contributed by atoms with Gasteiger partial charge in [-0.05, 0) is 24.1 Å². The van der Waals surface area contributed by atoms with Gasteiger partial charge in [0, 0.05) is 31.3 Å². The maximum atomic E-state index is 12.5. The van der Waals surface area contributed by atoms with E-state index < -0.39 is 0 Å². The Morgan fingerprint density at radius 3 is 2.92 bits per heavy atom. The van der Waals surface area contributed by atoms with Gasteiger partial charge in [0.25, 0.3) is 0 Å². The minimum Gasteiger partial charge on any atom is -0.497 e. The van der Waals surface area contributed by atoms with Crippen LogP contribution in [0.25, 0.3) is 0 Å². The Hall–Kier alpha value is -2.12. The van der Waals surface area contributed by atoms with Crippen molar-refractivity contribution in [3.8, 4) is 5.75 Å². The molecule has 7 heteroatoms. The summed E-state index contributed by atoms with van der Waals surface area (Å²) in [4.78, 5) is 18.6. The predicted molar refractivity (Wildman–Crippen MR) is 97.9 cm³/mol. The number of amides is 1. The highest BCUT2D eigenvalue weighted by Crippen LogP contribution is 2.17. The molecule has 0 bridgehead atoms. The fourth-order valence-electron chi connectivity index (χ4n) is 2.92. The van der Waals surface area contributed by atoms with E-state index in [9.17, 15) is 4.79 Å². The minimum atomic E-state index is 0.0287. The van der Waals surface area contributed by atoms with Crippen molar-refractivity contribution in [3.05, 3.63) is 40.9 Å². The number of hydrogen-bond donors (Lipinski definition) is 1. The Balaban J connectivity index is 1.50. The summed E-state index contributed by atoms with van der Waals surface area (Å²) in [6.45, 7) is 1.86. The molecule has 1 aromatic heterocycles. The molecule has 1 amide bonds. The number of methoxy groups -OCH3 is 1. The van der Waals surface area contributed by atoms with Crippen LogP contribution in [-0.2, 0) is 22.4 Å². The van der Waals surface area contributed by atoms with Gasteiger partial charge in [-0.3, -0.25) is 4.79 Å². The summed E-state index contributed by atoms with van der Waals surface area (Å²) >= 11 is 1.41. The molecule has 1 fully saturated rings. The van der Waals surface area contributed by atoms with Crippen molar-refractivity contribution in [3.63, 3.8) is 0 Å². The van der Waals surface area contributed by atoms with E-state index in [-0.39, 0.29) is 12.0 Å². The summed E-state index contributed by atoms with van der Waals surface area (Å²) in [5.41, 5.74) is 7.69. The van der Waals surface area contributed by atoms with Crippen molar-refractivity contribution in [2.75, 3.05) is 32.5 Å². The lowest BCUT2D eigenvalue weighted by Crippen LogP contribution is -2.46. The van der Waals surface area contributed by atoms with Crippen molar-refractivity contribution < 1.29 is 14.3 Å². The third kappa shape index (κ3) is 4.93. The van der Waals surface area contributed by atoms with Crippen molar-refractivity contribution in [2.45, 2.75) is 25.4 Å². The summed E-state index contributed by atoms with van der Waals surface area (Å²) in [7, 11) is 1.66. The molecule has 25 heavy (non-hydrogen) atoms. The second kappa shape index (κ2) is 8.31. The highest BCUT2D eigenvalue weighted by atomic mass is 32.1. The maximum absolute atomic E-state index is 12.5. The predicted octanol–water partition coefficient (Wildman–Crippen LogP) is 2.14. The number of hydrogen-bond acceptors (Lipinski definition) is 6. The van der Waals surface area contributed by atoms with Gasteiger partial charge in [0.1, 0.15) is 5.75 Å². The number of nitrogens with zero attached hydrogens (tertiary/aromatic N) is 2. The van der Waals surface area contributed by atoms with Crippen LogP contribution in [0.3, 0.4) is 0 Å². The summed E-state index contributed by atoms with van der Waals surface area (Å²) < 4.78 is 11.0. The maximum Gasteiger partial charge on any atom is 0.223 e. The van der Waals surface area contributed by atoms with Crippen LogP contribution in [0, 0.1) is 0 Å². The van der Waals surface area contributed by atoms with Crippen LogP contribution in [0.15, 0.2) is 29.6 Å². The topological polar surface area (TPSA) is 77.7 Å². The summed E-state index contributed by atoms with van der Waals surface area (Å²) in [6.07, 6.45) is 1.91. The normalized spacial score (nSPS) is 17.5. The lowest BCUT2D eigenvalue weighted by molar-refractivity contribution is -0.138. The van der Waals surface area contributed by atoms with Crippen molar-refractivity contribution in [1.82, 2.24) is 9.88 Å². The monoisotopic (exact) mass is 361 g/mol. The van der Waals surface area contributed by atoms with E-state index in [1.807, 2.05) is 34.5 Å². The molecular formula is C18H23N3O3S. The van der Waals surface area contributed by atoms with Gasteiger partial charge in [0.15, 0.2) is 5.13 Å². The number of thiazole rings is 1. The quantitative estimate of drug-likeness (QED) is 0.853. The third-order valence-electron chi connectivity index (χ3n) is 4.28. The molecule has 1 atom stereocenters. The van der Waals surface area contributed by atoms with Crippen LogP contribution < -0.4 is 10.5 Å². The van der Waals surface area contributed by atoms with Gasteiger partial charge in [-0.1, -0.05) is 12.1 Å². The van der Waals surface area contributed by atoms with E-state index in [2.05, 4.69) is 4.98 Å². The van der Waals surface area contributed by atoms with Crippen LogP contribution in [0.1, 0.15) is 17.7 Å². The Kier molecular flexibility index (Phi) is 5.88. The molecule has 2 N–H and O–H groups in total. The minimum absolute atomic E-state index is 0.0287. The molecule has 0 radical (unpaired) electrons. The zero-order valence-corrected chi connectivity index (χ0v) is 15.1. The number of carbonyl (C=O) groups excluding carboxylic acids is 1. The van der Waals surface area contributed by atoms with Gasteiger partial charge in [-0.2, -0.15) is 0 Å². The van der Waals surface area contributed by atoms with E-state index in [1.54, 1.807) is 7.11 Å². The number of morpholine rings is 1. The number of carbonyl (C=O) groups is 1. The Bertz CT molecular complexity index is 702. The molecule has 2 heterocycles.